The molecular weight excluding hydrogens is 343 g/mol. The second-order valence-corrected chi connectivity index (χ2v) is 6.05. The quantitative estimate of drug-likeness (QED) is 0.638. The number of rotatable bonds is 4. The van der Waals surface area contributed by atoms with Crippen LogP contribution in [0, 0.1) is 0 Å². The zero-order valence-electron chi connectivity index (χ0n) is 11.3. The van der Waals surface area contributed by atoms with Crippen LogP contribution in [-0.4, -0.2) is 39.2 Å². The predicted molar refractivity (Wildman–Crippen MR) is 68.0 cm³/mol. The molecule has 1 aromatic rings. The van der Waals surface area contributed by atoms with Crippen molar-refractivity contribution in [2.45, 2.75) is 23.8 Å². The van der Waals surface area contributed by atoms with Gasteiger partial charge in [0.05, 0.1) is 12.2 Å². The highest BCUT2D eigenvalue weighted by molar-refractivity contribution is 7.89. The van der Waals surface area contributed by atoms with Crippen LogP contribution in [0.2, 0.25) is 0 Å². The highest BCUT2D eigenvalue weighted by atomic mass is 32.2. The Hall–Kier alpha value is -1.98. The van der Waals surface area contributed by atoms with Crippen molar-refractivity contribution in [3.8, 4) is 0 Å². The minimum absolute atomic E-state index is 0.326. The Morgan fingerprint density at radius 2 is 1.83 bits per heavy atom. The van der Waals surface area contributed by atoms with Gasteiger partial charge in [0, 0.05) is 12.0 Å². The van der Waals surface area contributed by atoms with Gasteiger partial charge >= 0.3 is 12.1 Å². The molecule has 0 amide bonds. The smallest absolute Gasteiger partial charge is 0.432 e. The molecule has 0 saturated carbocycles. The van der Waals surface area contributed by atoms with Crippen LogP contribution in [0.25, 0.3) is 0 Å². The summed E-state index contributed by atoms with van der Waals surface area (Å²) >= 11 is 0. The average Bonchev–Trinajstić information content (AvgIpc) is 2.38. The van der Waals surface area contributed by atoms with Crippen LogP contribution in [0.1, 0.15) is 27.1 Å². The first kappa shape index (κ1) is 17.4. The lowest BCUT2D eigenvalue weighted by molar-refractivity contribution is -0.184. The molecule has 0 spiro atoms. The lowest BCUT2D eigenvalue weighted by Crippen LogP contribution is -2.33. The summed E-state index contributed by atoms with van der Waals surface area (Å²) in [6, 6.07) is 2.44. The van der Waals surface area contributed by atoms with Gasteiger partial charge in [-0.25, -0.2) is 18.4 Å². The maximum Gasteiger partial charge on any atom is 0.454 e. The molecule has 0 bridgehead atoms. The molecular formula is C12H10F3NO6S. The van der Waals surface area contributed by atoms with Crippen molar-refractivity contribution in [3.05, 3.63) is 29.3 Å². The molecule has 0 radical (unpaired) electrons. The van der Waals surface area contributed by atoms with Crippen molar-refractivity contribution < 1.29 is 40.7 Å². The number of carbonyl (C=O) groups is 2. The molecule has 23 heavy (non-hydrogen) atoms. The van der Waals surface area contributed by atoms with E-state index in [1.807, 2.05) is 0 Å². The maximum absolute atomic E-state index is 12.6. The van der Waals surface area contributed by atoms with Crippen LogP contribution >= 0.6 is 0 Å². The normalized spacial score (nSPS) is 18.2. The van der Waals surface area contributed by atoms with Crippen LogP contribution in [0.3, 0.4) is 0 Å². The van der Waals surface area contributed by atoms with Gasteiger partial charge in [-0.1, -0.05) is 6.07 Å². The van der Waals surface area contributed by atoms with Gasteiger partial charge in [0.15, 0.2) is 0 Å². The highest BCUT2D eigenvalue weighted by Crippen LogP contribution is 2.28. The van der Waals surface area contributed by atoms with E-state index < -0.39 is 50.3 Å². The first-order valence-electron chi connectivity index (χ1n) is 6.11. The number of halogens is 3. The van der Waals surface area contributed by atoms with Gasteiger partial charge in [0.2, 0.25) is 16.3 Å². The largest absolute Gasteiger partial charge is 0.454 e. The molecule has 0 aromatic heterocycles. The molecule has 1 aliphatic heterocycles. The van der Waals surface area contributed by atoms with Gasteiger partial charge in [0.25, 0.3) is 5.78 Å². The van der Waals surface area contributed by atoms with Gasteiger partial charge in [-0.2, -0.15) is 13.2 Å². The number of sulfonamides is 1. The standard InChI is InChI=1S/C12H10F3NO6S/c13-12(14,15)10(17)6-2-1-3-7(9(6)23(16,19)20)11(18)22-8-4-5-21-8/h1-3,8H,4-5H2,(H2,16,19,20). The van der Waals surface area contributed by atoms with E-state index in [1.165, 1.54) is 0 Å². The molecule has 1 fully saturated rings. The Kier molecular flexibility index (Phi) is 4.46. The van der Waals surface area contributed by atoms with Crippen LogP contribution < -0.4 is 5.14 Å². The van der Waals surface area contributed by atoms with E-state index in [9.17, 15) is 31.2 Å². The third-order valence-corrected chi connectivity index (χ3v) is 3.93. The van der Waals surface area contributed by atoms with E-state index in [4.69, 9.17) is 14.6 Å². The topological polar surface area (TPSA) is 113 Å². The second-order valence-electron chi connectivity index (χ2n) is 4.55. The molecule has 1 unspecified atom stereocenters. The van der Waals surface area contributed by atoms with Crippen LogP contribution in [-0.2, 0) is 19.5 Å². The lowest BCUT2D eigenvalue weighted by Gasteiger charge is -2.26. The second kappa shape index (κ2) is 5.91. The van der Waals surface area contributed by atoms with Crippen molar-refractivity contribution in [1.29, 1.82) is 0 Å². The molecule has 0 aliphatic carbocycles. The molecule has 1 aliphatic rings. The summed E-state index contributed by atoms with van der Waals surface area (Å²) in [5.41, 5.74) is -2.01. The number of primary sulfonamides is 1. The molecule has 1 aromatic carbocycles. The minimum Gasteiger partial charge on any atom is -0.432 e. The number of hydrogen-bond donors (Lipinski definition) is 1. The molecule has 7 nitrogen and oxygen atoms in total. The Morgan fingerprint density at radius 3 is 2.26 bits per heavy atom. The number of ketones is 1. The number of hydrogen-bond acceptors (Lipinski definition) is 6. The van der Waals surface area contributed by atoms with Crippen LogP contribution in [0.15, 0.2) is 23.1 Å². The Morgan fingerprint density at radius 1 is 1.26 bits per heavy atom. The number of carbonyl (C=O) groups excluding carboxylic acids is 2. The van der Waals surface area contributed by atoms with Gasteiger partial charge in [-0.15, -0.1) is 0 Å². The number of ether oxygens (including phenoxy) is 2. The van der Waals surface area contributed by atoms with E-state index in [2.05, 4.69) is 0 Å². The average molecular weight is 353 g/mol. The predicted octanol–water partition coefficient (Wildman–Crippen LogP) is 0.982. The lowest BCUT2D eigenvalue weighted by atomic mass is 10.1. The highest BCUT2D eigenvalue weighted by Gasteiger charge is 2.43. The van der Waals surface area contributed by atoms with E-state index in [0.29, 0.717) is 19.1 Å². The first-order chi connectivity index (χ1) is 10.5. The summed E-state index contributed by atoms with van der Waals surface area (Å²) in [4.78, 5) is 22.1. The fourth-order valence-corrected chi connectivity index (χ4v) is 2.75. The van der Waals surface area contributed by atoms with E-state index in [0.717, 1.165) is 12.1 Å². The zero-order chi connectivity index (χ0) is 17.4. The summed E-state index contributed by atoms with van der Waals surface area (Å²) in [5.74, 6) is -3.69. The molecule has 1 saturated heterocycles. The molecule has 1 heterocycles. The van der Waals surface area contributed by atoms with Gasteiger partial charge < -0.3 is 9.47 Å². The molecule has 1 atom stereocenters. The summed E-state index contributed by atoms with van der Waals surface area (Å²) in [7, 11) is -4.80. The summed E-state index contributed by atoms with van der Waals surface area (Å²) in [6.07, 6.45) is -5.89. The minimum atomic E-state index is -5.33. The summed E-state index contributed by atoms with van der Waals surface area (Å²) in [5, 5.41) is 4.87. The third kappa shape index (κ3) is 3.68. The van der Waals surface area contributed by atoms with Crippen molar-refractivity contribution in [3.63, 3.8) is 0 Å². The van der Waals surface area contributed by atoms with Crippen molar-refractivity contribution in [1.82, 2.24) is 0 Å². The number of Topliss-reactive ketones (excluding diaryl/α,β-unsaturated/α-hetero) is 1. The Bertz CT molecular complexity index is 755. The van der Waals surface area contributed by atoms with E-state index in [1.54, 1.807) is 0 Å². The molecule has 11 heteroatoms. The van der Waals surface area contributed by atoms with E-state index in [-0.39, 0.29) is 0 Å². The Balaban J connectivity index is 2.54. The summed E-state index contributed by atoms with van der Waals surface area (Å²) in [6.45, 7) is 0.326. The molecule has 2 N–H and O–H groups in total. The number of alkyl halides is 3. The van der Waals surface area contributed by atoms with Crippen LogP contribution in [0.4, 0.5) is 13.2 Å². The maximum atomic E-state index is 12.6. The number of esters is 1. The fourth-order valence-electron chi connectivity index (χ4n) is 1.83. The first-order valence-corrected chi connectivity index (χ1v) is 7.66. The van der Waals surface area contributed by atoms with E-state index >= 15 is 0 Å². The third-order valence-electron chi connectivity index (χ3n) is 2.92. The van der Waals surface area contributed by atoms with Gasteiger partial charge in [-0.05, 0) is 12.1 Å². The van der Waals surface area contributed by atoms with Crippen molar-refractivity contribution in [2.24, 2.45) is 5.14 Å². The summed E-state index contributed by atoms with van der Waals surface area (Å²) < 4.78 is 70.5. The van der Waals surface area contributed by atoms with Crippen LogP contribution in [0.5, 0.6) is 0 Å². The number of benzene rings is 1. The SMILES string of the molecule is NS(=O)(=O)c1c(C(=O)OC2CCO2)cccc1C(=O)C(F)(F)F. The van der Waals surface area contributed by atoms with Crippen molar-refractivity contribution >= 4 is 21.8 Å². The monoisotopic (exact) mass is 353 g/mol. The Labute approximate surface area is 128 Å². The van der Waals surface area contributed by atoms with Gasteiger partial charge in [-0.3, -0.25) is 4.79 Å². The van der Waals surface area contributed by atoms with Gasteiger partial charge in [0.1, 0.15) is 4.90 Å². The fraction of sp³-hybridized carbons (Fsp3) is 0.333. The van der Waals surface area contributed by atoms with Crippen molar-refractivity contribution in [2.75, 3.05) is 6.61 Å². The molecule has 2 rings (SSSR count). The molecule has 126 valence electrons. The number of nitrogens with two attached hydrogens (primary N) is 1. The zero-order valence-corrected chi connectivity index (χ0v) is 12.1.